The Bertz CT molecular complexity index is 366. The SMILES string of the molecule is CC(C)(CCCl)CNCc1cc(F)ccc1Cl. The van der Waals surface area contributed by atoms with Crippen LogP contribution in [0.1, 0.15) is 25.8 Å². The quantitative estimate of drug-likeness (QED) is 0.768. The van der Waals surface area contributed by atoms with E-state index < -0.39 is 0 Å². The highest BCUT2D eigenvalue weighted by Gasteiger charge is 2.16. The van der Waals surface area contributed by atoms with Crippen LogP contribution >= 0.6 is 23.2 Å². The number of benzene rings is 1. The van der Waals surface area contributed by atoms with Crippen LogP contribution in [0.25, 0.3) is 0 Å². The molecule has 0 aromatic heterocycles. The molecular weight excluding hydrogens is 260 g/mol. The Morgan fingerprint density at radius 1 is 1.35 bits per heavy atom. The Balaban J connectivity index is 2.48. The predicted molar refractivity (Wildman–Crippen MR) is 72.2 cm³/mol. The van der Waals surface area contributed by atoms with E-state index in [1.807, 2.05) is 0 Å². The monoisotopic (exact) mass is 277 g/mol. The van der Waals surface area contributed by atoms with Crippen molar-refractivity contribution in [1.29, 1.82) is 0 Å². The van der Waals surface area contributed by atoms with Gasteiger partial charge in [-0.25, -0.2) is 4.39 Å². The molecule has 0 amide bonds. The Hall–Kier alpha value is -0.310. The van der Waals surface area contributed by atoms with Gasteiger partial charge in [0.15, 0.2) is 0 Å². The fourth-order valence-electron chi connectivity index (χ4n) is 1.56. The van der Waals surface area contributed by atoms with E-state index in [4.69, 9.17) is 23.2 Å². The van der Waals surface area contributed by atoms with E-state index in [-0.39, 0.29) is 11.2 Å². The Labute approximate surface area is 112 Å². The Morgan fingerprint density at radius 3 is 2.71 bits per heavy atom. The zero-order valence-corrected chi connectivity index (χ0v) is 11.7. The van der Waals surface area contributed by atoms with E-state index in [9.17, 15) is 4.39 Å². The summed E-state index contributed by atoms with van der Waals surface area (Å²) in [5.74, 6) is 0.390. The van der Waals surface area contributed by atoms with Gasteiger partial charge in [0.1, 0.15) is 5.82 Å². The lowest BCUT2D eigenvalue weighted by Gasteiger charge is -2.24. The first-order valence-electron chi connectivity index (χ1n) is 5.65. The zero-order chi connectivity index (χ0) is 12.9. The number of hydrogen-bond donors (Lipinski definition) is 1. The molecule has 4 heteroatoms. The van der Waals surface area contributed by atoms with Crippen LogP contribution in [0.3, 0.4) is 0 Å². The fourth-order valence-corrected chi connectivity index (χ4v) is 2.25. The van der Waals surface area contributed by atoms with Crippen LogP contribution in [0.15, 0.2) is 18.2 Å². The van der Waals surface area contributed by atoms with Gasteiger partial charge < -0.3 is 5.32 Å². The molecule has 0 fully saturated rings. The number of rotatable bonds is 6. The molecule has 0 spiro atoms. The third kappa shape index (κ3) is 5.24. The molecule has 0 saturated carbocycles. The molecule has 1 N–H and O–H groups in total. The van der Waals surface area contributed by atoms with Crippen LogP contribution in [-0.4, -0.2) is 12.4 Å². The van der Waals surface area contributed by atoms with Crippen LogP contribution in [0.4, 0.5) is 4.39 Å². The van der Waals surface area contributed by atoms with Gasteiger partial charge in [-0.15, -0.1) is 11.6 Å². The van der Waals surface area contributed by atoms with Crippen molar-refractivity contribution in [2.75, 3.05) is 12.4 Å². The average molecular weight is 278 g/mol. The summed E-state index contributed by atoms with van der Waals surface area (Å²) in [5.41, 5.74) is 0.926. The molecule has 17 heavy (non-hydrogen) atoms. The van der Waals surface area contributed by atoms with Gasteiger partial charge in [0.05, 0.1) is 0 Å². The first-order valence-corrected chi connectivity index (χ1v) is 6.56. The van der Waals surface area contributed by atoms with Crippen molar-refractivity contribution in [1.82, 2.24) is 5.32 Å². The standard InChI is InChI=1S/C13H18Cl2FN/c1-13(2,5-6-14)9-17-8-10-7-11(16)3-4-12(10)15/h3-4,7,17H,5-6,8-9H2,1-2H3. The van der Waals surface area contributed by atoms with Crippen LogP contribution in [0, 0.1) is 11.2 Å². The molecule has 1 aromatic carbocycles. The molecule has 0 radical (unpaired) electrons. The van der Waals surface area contributed by atoms with Crippen LogP contribution in [0.2, 0.25) is 5.02 Å². The van der Waals surface area contributed by atoms with E-state index in [0.29, 0.717) is 17.4 Å². The van der Waals surface area contributed by atoms with Crippen molar-refractivity contribution in [2.45, 2.75) is 26.8 Å². The topological polar surface area (TPSA) is 12.0 Å². The number of alkyl halides is 1. The van der Waals surface area contributed by atoms with Crippen LogP contribution in [-0.2, 0) is 6.54 Å². The van der Waals surface area contributed by atoms with Crippen molar-refractivity contribution in [3.8, 4) is 0 Å². The largest absolute Gasteiger partial charge is 0.312 e. The molecule has 0 saturated heterocycles. The predicted octanol–water partition coefficient (Wildman–Crippen LogP) is 4.22. The number of halogens is 3. The van der Waals surface area contributed by atoms with Gasteiger partial charge in [-0.3, -0.25) is 0 Å². The highest BCUT2D eigenvalue weighted by molar-refractivity contribution is 6.31. The summed E-state index contributed by atoms with van der Waals surface area (Å²) in [6.07, 6.45) is 0.943. The molecule has 0 heterocycles. The highest BCUT2D eigenvalue weighted by atomic mass is 35.5. The maximum absolute atomic E-state index is 13.0. The lowest BCUT2D eigenvalue weighted by atomic mass is 9.90. The lowest BCUT2D eigenvalue weighted by molar-refractivity contribution is 0.329. The molecule has 0 aliphatic rings. The minimum atomic E-state index is -0.258. The molecule has 96 valence electrons. The summed E-state index contributed by atoms with van der Waals surface area (Å²) in [5, 5.41) is 3.88. The fraction of sp³-hybridized carbons (Fsp3) is 0.538. The smallest absolute Gasteiger partial charge is 0.123 e. The van der Waals surface area contributed by atoms with E-state index >= 15 is 0 Å². The average Bonchev–Trinajstić information content (AvgIpc) is 2.23. The third-order valence-corrected chi connectivity index (χ3v) is 3.26. The second-order valence-corrected chi connectivity index (χ2v) is 5.73. The van der Waals surface area contributed by atoms with Crippen LogP contribution in [0.5, 0.6) is 0 Å². The summed E-state index contributed by atoms with van der Waals surface area (Å²) < 4.78 is 13.0. The lowest BCUT2D eigenvalue weighted by Crippen LogP contribution is -2.29. The second kappa shape index (κ2) is 6.58. The van der Waals surface area contributed by atoms with Gasteiger partial charge in [-0.2, -0.15) is 0 Å². The highest BCUT2D eigenvalue weighted by Crippen LogP contribution is 2.21. The molecule has 0 unspecified atom stereocenters. The minimum absolute atomic E-state index is 0.140. The van der Waals surface area contributed by atoms with E-state index in [2.05, 4.69) is 19.2 Å². The van der Waals surface area contributed by atoms with Gasteiger partial charge in [-0.1, -0.05) is 25.4 Å². The molecule has 1 rings (SSSR count). The zero-order valence-electron chi connectivity index (χ0n) is 10.2. The first-order chi connectivity index (χ1) is 7.94. The van der Waals surface area contributed by atoms with Crippen LogP contribution < -0.4 is 5.32 Å². The third-order valence-electron chi connectivity index (χ3n) is 2.70. The van der Waals surface area contributed by atoms with E-state index in [1.165, 1.54) is 12.1 Å². The molecule has 0 atom stereocenters. The summed E-state index contributed by atoms with van der Waals surface area (Å²) in [6.45, 7) is 5.69. The number of hydrogen-bond acceptors (Lipinski definition) is 1. The van der Waals surface area contributed by atoms with Gasteiger partial charge in [0.25, 0.3) is 0 Å². The summed E-state index contributed by atoms with van der Waals surface area (Å²) in [4.78, 5) is 0. The molecule has 0 aliphatic carbocycles. The maximum Gasteiger partial charge on any atom is 0.123 e. The van der Waals surface area contributed by atoms with Gasteiger partial charge in [0.2, 0.25) is 0 Å². The van der Waals surface area contributed by atoms with Gasteiger partial charge in [-0.05, 0) is 35.6 Å². The van der Waals surface area contributed by atoms with Gasteiger partial charge >= 0.3 is 0 Å². The second-order valence-electron chi connectivity index (χ2n) is 4.94. The van der Waals surface area contributed by atoms with Crippen molar-refractivity contribution in [3.63, 3.8) is 0 Å². The molecular formula is C13H18Cl2FN. The van der Waals surface area contributed by atoms with E-state index in [0.717, 1.165) is 18.5 Å². The Kier molecular flexibility index (Phi) is 5.71. The Morgan fingerprint density at radius 2 is 2.06 bits per heavy atom. The van der Waals surface area contributed by atoms with Crippen molar-refractivity contribution in [3.05, 3.63) is 34.6 Å². The normalized spacial score (nSPS) is 11.8. The molecule has 1 nitrogen and oxygen atoms in total. The summed E-state index contributed by atoms with van der Waals surface area (Å²) in [7, 11) is 0. The van der Waals surface area contributed by atoms with Crippen molar-refractivity contribution in [2.24, 2.45) is 5.41 Å². The van der Waals surface area contributed by atoms with E-state index in [1.54, 1.807) is 6.07 Å². The maximum atomic E-state index is 13.0. The molecule has 0 bridgehead atoms. The summed E-state index contributed by atoms with van der Waals surface area (Å²) in [6, 6.07) is 4.41. The van der Waals surface area contributed by atoms with Crippen molar-refractivity contribution < 1.29 is 4.39 Å². The summed E-state index contributed by atoms with van der Waals surface area (Å²) >= 11 is 11.7. The number of nitrogens with one attached hydrogen (secondary N) is 1. The molecule has 0 aliphatic heterocycles. The first kappa shape index (κ1) is 14.7. The van der Waals surface area contributed by atoms with Crippen molar-refractivity contribution >= 4 is 23.2 Å². The minimum Gasteiger partial charge on any atom is -0.312 e. The molecule has 1 aromatic rings. The van der Waals surface area contributed by atoms with Gasteiger partial charge in [0, 0.05) is 24.0 Å².